The first-order valence-electron chi connectivity index (χ1n) is 8.65. The maximum Gasteiger partial charge on any atom is 0.339 e. The average molecular weight is 350 g/mol. The average Bonchev–Trinajstić information content (AvgIpc) is 2.69. The second kappa shape index (κ2) is 8.13. The van der Waals surface area contributed by atoms with Crippen molar-refractivity contribution in [3.8, 4) is 6.07 Å². The predicted octanol–water partition coefficient (Wildman–Crippen LogP) is 3.31. The normalized spacial score (nSPS) is 20.3. The molecule has 1 aliphatic heterocycles. The van der Waals surface area contributed by atoms with Crippen LogP contribution in [0.15, 0.2) is 48.5 Å². The highest BCUT2D eigenvalue weighted by Gasteiger charge is 2.28. The number of methoxy groups -OCH3 is 1. The van der Waals surface area contributed by atoms with E-state index in [1.54, 1.807) is 12.1 Å². The molecular formula is C21H22N2O3. The second-order valence-electron chi connectivity index (χ2n) is 6.45. The van der Waals surface area contributed by atoms with E-state index in [2.05, 4.69) is 30.0 Å². The SMILES string of the molecule is COC(=O)c1cccc(CN2C[C@H](c3ccccc3)OC[C@H]2C)c1C#N. The monoisotopic (exact) mass is 350 g/mol. The summed E-state index contributed by atoms with van der Waals surface area (Å²) in [5, 5.41) is 9.57. The maximum absolute atomic E-state index is 11.9. The quantitative estimate of drug-likeness (QED) is 0.792. The number of carbonyl (C=O) groups is 1. The Balaban J connectivity index is 1.83. The summed E-state index contributed by atoms with van der Waals surface area (Å²) < 4.78 is 10.8. The molecule has 0 aromatic heterocycles. The van der Waals surface area contributed by atoms with Gasteiger partial charge >= 0.3 is 5.97 Å². The lowest BCUT2D eigenvalue weighted by atomic mass is 10.00. The number of hydrogen-bond donors (Lipinski definition) is 0. The molecule has 0 radical (unpaired) electrons. The van der Waals surface area contributed by atoms with Crippen LogP contribution in [-0.2, 0) is 16.0 Å². The van der Waals surface area contributed by atoms with Gasteiger partial charge in [0.15, 0.2) is 0 Å². The molecule has 1 saturated heterocycles. The van der Waals surface area contributed by atoms with E-state index in [0.29, 0.717) is 24.3 Å². The van der Waals surface area contributed by atoms with Gasteiger partial charge in [-0.25, -0.2) is 4.79 Å². The zero-order valence-corrected chi connectivity index (χ0v) is 15.0. The highest BCUT2D eigenvalue weighted by Crippen LogP contribution is 2.27. The summed E-state index contributed by atoms with van der Waals surface area (Å²) in [5.41, 5.74) is 2.67. The molecule has 0 spiro atoms. The van der Waals surface area contributed by atoms with E-state index in [0.717, 1.165) is 17.7 Å². The van der Waals surface area contributed by atoms with E-state index in [9.17, 15) is 10.1 Å². The fraction of sp³-hybridized carbons (Fsp3) is 0.333. The van der Waals surface area contributed by atoms with Crippen molar-refractivity contribution in [1.29, 1.82) is 5.26 Å². The number of morpholine rings is 1. The van der Waals surface area contributed by atoms with Gasteiger partial charge in [0.05, 0.1) is 30.9 Å². The minimum absolute atomic E-state index is 0.00160. The van der Waals surface area contributed by atoms with Crippen molar-refractivity contribution in [3.63, 3.8) is 0 Å². The standard InChI is InChI=1S/C21H22N2O3/c1-15-14-26-20(16-7-4-3-5-8-16)13-23(15)12-17-9-6-10-18(19(17)11-22)21(24)25-2/h3-10,15,20H,12-14H2,1-2H3/t15-,20-/m1/s1. The van der Waals surface area contributed by atoms with Gasteiger partial charge in [0, 0.05) is 19.1 Å². The van der Waals surface area contributed by atoms with Crippen LogP contribution < -0.4 is 0 Å². The molecule has 5 heteroatoms. The third-order valence-electron chi connectivity index (χ3n) is 4.77. The van der Waals surface area contributed by atoms with Crippen molar-refractivity contribution in [1.82, 2.24) is 4.90 Å². The summed E-state index contributed by atoms with van der Waals surface area (Å²) in [6.07, 6.45) is 0.00160. The highest BCUT2D eigenvalue weighted by atomic mass is 16.5. The Labute approximate surface area is 153 Å². The first-order valence-corrected chi connectivity index (χ1v) is 8.65. The Morgan fingerprint density at radius 2 is 2.04 bits per heavy atom. The lowest BCUT2D eigenvalue weighted by Gasteiger charge is -2.38. The van der Waals surface area contributed by atoms with Gasteiger partial charge in [-0.1, -0.05) is 42.5 Å². The van der Waals surface area contributed by atoms with Crippen LogP contribution >= 0.6 is 0 Å². The summed E-state index contributed by atoms with van der Waals surface area (Å²) in [6.45, 7) is 4.05. The molecule has 2 atom stereocenters. The molecule has 0 N–H and O–H groups in total. The summed E-state index contributed by atoms with van der Waals surface area (Å²) >= 11 is 0. The third kappa shape index (κ3) is 3.77. The molecule has 5 nitrogen and oxygen atoms in total. The van der Waals surface area contributed by atoms with E-state index in [-0.39, 0.29) is 12.1 Å². The van der Waals surface area contributed by atoms with E-state index in [1.165, 1.54) is 7.11 Å². The van der Waals surface area contributed by atoms with E-state index < -0.39 is 5.97 Å². The Kier molecular flexibility index (Phi) is 5.67. The zero-order valence-electron chi connectivity index (χ0n) is 15.0. The van der Waals surface area contributed by atoms with Crippen molar-refractivity contribution in [2.24, 2.45) is 0 Å². The largest absolute Gasteiger partial charge is 0.465 e. The van der Waals surface area contributed by atoms with Crippen molar-refractivity contribution in [3.05, 3.63) is 70.8 Å². The Bertz CT molecular complexity index is 814. The van der Waals surface area contributed by atoms with Crippen molar-refractivity contribution in [2.45, 2.75) is 25.6 Å². The molecule has 0 unspecified atom stereocenters. The van der Waals surface area contributed by atoms with E-state index in [4.69, 9.17) is 9.47 Å². The Morgan fingerprint density at radius 1 is 1.27 bits per heavy atom. The lowest BCUT2D eigenvalue weighted by molar-refractivity contribution is -0.0633. The number of ether oxygens (including phenoxy) is 2. The summed E-state index contributed by atoms with van der Waals surface area (Å²) in [6, 6.07) is 17.9. The molecule has 1 fully saturated rings. The van der Waals surface area contributed by atoms with Crippen LogP contribution in [-0.4, -0.2) is 37.2 Å². The van der Waals surface area contributed by atoms with Crippen LogP contribution in [0.4, 0.5) is 0 Å². The fourth-order valence-electron chi connectivity index (χ4n) is 3.26. The fourth-order valence-corrected chi connectivity index (χ4v) is 3.26. The van der Waals surface area contributed by atoms with Gasteiger partial charge in [0.2, 0.25) is 0 Å². The Morgan fingerprint density at radius 3 is 2.73 bits per heavy atom. The van der Waals surface area contributed by atoms with E-state index in [1.807, 2.05) is 24.3 Å². The molecule has 3 rings (SSSR count). The van der Waals surface area contributed by atoms with Crippen LogP contribution in [0.1, 0.15) is 40.1 Å². The second-order valence-corrected chi connectivity index (χ2v) is 6.45. The molecule has 0 bridgehead atoms. The summed E-state index contributed by atoms with van der Waals surface area (Å²) in [4.78, 5) is 14.2. The van der Waals surface area contributed by atoms with Crippen LogP contribution in [0, 0.1) is 11.3 Å². The molecule has 0 aliphatic carbocycles. The van der Waals surface area contributed by atoms with Crippen LogP contribution in [0.5, 0.6) is 0 Å². The smallest absolute Gasteiger partial charge is 0.339 e. The van der Waals surface area contributed by atoms with Gasteiger partial charge in [-0.2, -0.15) is 5.26 Å². The first-order chi connectivity index (χ1) is 12.6. The molecular weight excluding hydrogens is 328 g/mol. The number of benzene rings is 2. The minimum Gasteiger partial charge on any atom is -0.465 e. The van der Waals surface area contributed by atoms with Crippen molar-refractivity contribution < 1.29 is 14.3 Å². The number of esters is 1. The first kappa shape index (κ1) is 18.1. The van der Waals surface area contributed by atoms with E-state index >= 15 is 0 Å². The van der Waals surface area contributed by atoms with Crippen molar-refractivity contribution >= 4 is 5.97 Å². The van der Waals surface area contributed by atoms with Gasteiger partial charge in [-0.15, -0.1) is 0 Å². The summed E-state index contributed by atoms with van der Waals surface area (Å²) in [7, 11) is 1.32. The molecule has 0 amide bonds. The molecule has 26 heavy (non-hydrogen) atoms. The van der Waals surface area contributed by atoms with Gasteiger partial charge in [-0.3, -0.25) is 4.90 Å². The zero-order chi connectivity index (χ0) is 18.5. The number of carbonyl (C=O) groups excluding carboxylic acids is 1. The molecule has 1 heterocycles. The lowest BCUT2D eigenvalue weighted by Crippen LogP contribution is -2.44. The highest BCUT2D eigenvalue weighted by molar-refractivity contribution is 5.92. The molecule has 2 aromatic rings. The van der Waals surface area contributed by atoms with Crippen LogP contribution in [0.3, 0.4) is 0 Å². The molecule has 1 aliphatic rings. The molecule has 2 aromatic carbocycles. The predicted molar refractivity (Wildman–Crippen MR) is 97.5 cm³/mol. The number of nitrogens with zero attached hydrogens (tertiary/aromatic N) is 2. The van der Waals surface area contributed by atoms with Gasteiger partial charge in [0.25, 0.3) is 0 Å². The van der Waals surface area contributed by atoms with Gasteiger partial charge in [-0.05, 0) is 24.1 Å². The van der Waals surface area contributed by atoms with Gasteiger partial charge in [0.1, 0.15) is 6.07 Å². The number of hydrogen-bond acceptors (Lipinski definition) is 5. The van der Waals surface area contributed by atoms with Crippen LogP contribution in [0.25, 0.3) is 0 Å². The maximum atomic E-state index is 11.9. The number of rotatable bonds is 4. The molecule has 134 valence electrons. The minimum atomic E-state index is -0.486. The van der Waals surface area contributed by atoms with Crippen molar-refractivity contribution in [2.75, 3.05) is 20.3 Å². The van der Waals surface area contributed by atoms with Crippen LogP contribution in [0.2, 0.25) is 0 Å². The van der Waals surface area contributed by atoms with Gasteiger partial charge < -0.3 is 9.47 Å². The number of nitriles is 1. The Hall–Kier alpha value is -2.68. The summed E-state index contributed by atoms with van der Waals surface area (Å²) in [5.74, 6) is -0.486. The third-order valence-corrected chi connectivity index (χ3v) is 4.77. The topological polar surface area (TPSA) is 62.6 Å². The molecule has 0 saturated carbocycles.